The van der Waals surface area contributed by atoms with Gasteiger partial charge in [-0.3, -0.25) is 4.90 Å². The third-order valence-electron chi connectivity index (χ3n) is 10.9. The van der Waals surface area contributed by atoms with Gasteiger partial charge in [0.25, 0.3) is 0 Å². The van der Waals surface area contributed by atoms with Gasteiger partial charge in [-0.1, -0.05) is 70.1 Å². The Labute approximate surface area is 240 Å². The molecule has 1 saturated heterocycles. The number of unbranched alkanes of at least 4 members (excludes halogenated alkanes) is 9. The van der Waals surface area contributed by atoms with Gasteiger partial charge in [0, 0.05) is 18.2 Å². The number of carbonyl (C=O) groups is 1. The molecule has 1 spiro atoms. The molecule has 6 heteroatoms. The van der Waals surface area contributed by atoms with E-state index in [1.165, 1.54) is 80.1 Å². The van der Waals surface area contributed by atoms with E-state index in [9.17, 15) is 9.90 Å². The molecule has 3 fully saturated rings. The third-order valence-corrected chi connectivity index (χ3v) is 10.9. The number of aliphatic hydroxyl groups is 1. The molecule has 2 N–H and O–H groups in total. The second kappa shape index (κ2) is 11.7. The number of hydrogen-bond donors (Lipinski definition) is 2. The molecular formula is C34H49NO5. The highest BCUT2D eigenvalue weighted by atomic mass is 16.7. The average molecular weight is 552 g/mol. The summed E-state index contributed by atoms with van der Waals surface area (Å²) in [6.07, 6.45) is 17.9. The Morgan fingerprint density at radius 1 is 1.02 bits per heavy atom. The summed E-state index contributed by atoms with van der Waals surface area (Å²) in [7, 11) is 0. The summed E-state index contributed by atoms with van der Waals surface area (Å²) < 4.78 is 11.4. The van der Waals surface area contributed by atoms with Crippen LogP contribution in [0, 0.1) is 5.92 Å². The molecule has 0 aromatic heterocycles. The standard InChI is InChI=1S/C34H49NO5/c1-24-17-18-34(38)28-22-27-16-15-26(12-10-8-6-4-2-3-5-7-9-11-21-39-32(36)37)30-29(27)33(34,31(24)40-30)19-20-35(28)23-25-13-14-25/h15-16,25,28,31,38H,1-14,17-23H2,(H,36,37)/t28?,31-,33-,34+/m0/s1. The van der Waals surface area contributed by atoms with Crippen molar-refractivity contribution in [3.8, 4) is 5.75 Å². The van der Waals surface area contributed by atoms with Gasteiger partial charge < -0.3 is 19.7 Å². The zero-order chi connectivity index (χ0) is 27.7. The summed E-state index contributed by atoms with van der Waals surface area (Å²) in [6.45, 7) is 7.02. The molecule has 220 valence electrons. The first-order chi connectivity index (χ1) is 19.4. The lowest BCUT2D eigenvalue weighted by molar-refractivity contribution is -0.174. The van der Waals surface area contributed by atoms with Crippen molar-refractivity contribution in [2.75, 3.05) is 19.7 Å². The third kappa shape index (κ3) is 5.08. The van der Waals surface area contributed by atoms with E-state index >= 15 is 0 Å². The van der Waals surface area contributed by atoms with Gasteiger partial charge in [0.15, 0.2) is 0 Å². The quantitative estimate of drug-likeness (QED) is 0.140. The Morgan fingerprint density at radius 3 is 2.42 bits per heavy atom. The topological polar surface area (TPSA) is 79.2 Å². The van der Waals surface area contributed by atoms with Crippen LogP contribution < -0.4 is 4.74 Å². The fourth-order valence-corrected chi connectivity index (χ4v) is 8.65. The van der Waals surface area contributed by atoms with Crippen LogP contribution in [0.3, 0.4) is 0 Å². The van der Waals surface area contributed by atoms with Crippen LogP contribution >= 0.6 is 0 Å². The van der Waals surface area contributed by atoms with Crippen LogP contribution in [0.2, 0.25) is 0 Å². The Morgan fingerprint density at radius 2 is 1.73 bits per heavy atom. The van der Waals surface area contributed by atoms with Crippen molar-refractivity contribution in [2.45, 2.75) is 132 Å². The van der Waals surface area contributed by atoms with Crippen LogP contribution in [0.1, 0.15) is 113 Å². The molecule has 4 atom stereocenters. The van der Waals surface area contributed by atoms with Crippen LogP contribution in [-0.2, 0) is 23.0 Å². The second-order valence-corrected chi connectivity index (χ2v) is 13.4. The van der Waals surface area contributed by atoms with Gasteiger partial charge in [0.05, 0.1) is 17.6 Å². The lowest BCUT2D eigenvalue weighted by Crippen LogP contribution is -2.75. The SMILES string of the molecule is C=C1CC[C@@]2(O)C3Cc4ccc(CCCCCCCCCCCCOC(=O)O)c5c4[C@@]2(CCN3CC2CC2)[C@H]1O5. The minimum atomic E-state index is -1.17. The van der Waals surface area contributed by atoms with Crippen LogP contribution in [0.4, 0.5) is 4.79 Å². The Balaban J connectivity index is 1.02. The van der Waals surface area contributed by atoms with Crippen LogP contribution in [0.15, 0.2) is 24.3 Å². The lowest BCUT2D eigenvalue weighted by atomic mass is 9.48. The maximum absolute atomic E-state index is 12.5. The summed E-state index contributed by atoms with van der Waals surface area (Å²) in [5, 5.41) is 21.0. The Hall–Kier alpha value is -2.05. The van der Waals surface area contributed by atoms with E-state index in [0.29, 0.717) is 6.61 Å². The smallest absolute Gasteiger partial charge is 0.484 e. The zero-order valence-electron chi connectivity index (χ0n) is 24.3. The number of ether oxygens (including phenoxy) is 2. The van der Waals surface area contributed by atoms with Crippen molar-refractivity contribution in [1.82, 2.24) is 4.90 Å². The second-order valence-electron chi connectivity index (χ2n) is 13.4. The number of piperidine rings is 1. The number of rotatable bonds is 15. The lowest BCUT2D eigenvalue weighted by Gasteiger charge is -2.63. The molecule has 1 aromatic carbocycles. The number of aryl methyl sites for hydroxylation is 1. The first-order valence-electron chi connectivity index (χ1n) is 16.3. The van der Waals surface area contributed by atoms with E-state index in [0.717, 1.165) is 76.1 Å². The van der Waals surface area contributed by atoms with E-state index in [2.05, 4.69) is 28.3 Å². The molecule has 2 bridgehead atoms. The van der Waals surface area contributed by atoms with Gasteiger partial charge >= 0.3 is 6.16 Å². The monoisotopic (exact) mass is 551 g/mol. The molecule has 40 heavy (non-hydrogen) atoms. The van der Waals surface area contributed by atoms with Crippen LogP contribution in [0.5, 0.6) is 5.75 Å². The molecular weight excluding hydrogens is 502 g/mol. The average Bonchev–Trinajstić information content (AvgIpc) is 3.67. The maximum atomic E-state index is 12.5. The van der Waals surface area contributed by atoms with Gasteiger partial charge in [0.1, 0.15) is 11.9 Å². The summed E-state index contributed by atoms with van der Waals surface area (Å²) in [4.78, 5) is 13.0. The van der Waals surface area contributed by atoms with Crippen molar-refractivity contribution in [3.05, 3.63) is 41.0 Å². The molecule has 2 aliphatic heterocycles. The van der Waals surface area contributed by atoms with Crippen molar-refractivity contribution in [1.29, 1.82) is 0 Å². The Bertz CT molecular complexity index is 1100. The number of hydrogen-bond acceptors (Lipinski definition) is 5. The molecule has 6 rings (SSSR count). The molecule has 5 aliphatic rings. The maximum Gasteiger partial charge on any atom is 0.505 e. The minimum absolute atomic E-state index is 0.0725. The predicted octanol–water partition coefficient (Wildman–Crippen LogP) is 6.95. The predicted molar refractivity (Wildman–Crippen MR) is 156 cm³/mol. The van der Waals surface area contributed by atoms with Gasteiger partial charge in [-0.25, -0.2) is 4.79 Å². The van der Waals surface area contributed by atoms with Crippen molar-refractivity contribution in [3.63, 3.8) is 0 Å². The zero-order valence-corrected chi connectivity index (χ0v) is 24.3. The molecule has 1 unspecified atom stereocenters. The van der Waals surface area contributed by atoms with Gasteiger partial charge in [-0.2, -0.15) is 0 Å². The summed E-state index contributed by atoms with van der Waals surface area (Å²) in [5.41, 5.74) is 4.27. The van der Waals surface area contributed by atoms with E-state index in [1.807, 2.05) is 0 Å². The van der Waals surface area contributed by atoms with E-state index in [4.69, 9.17) is 9.84 Å². The van der Waals surface area contributed by atoms with Crippen molar-refractivity contribution >= 4 is 6.16 Å². The molecule has 3 aliphatic carbocycles. The van der Waals surface area contributed by atoms with Gasteiger partial charge in [0.2, 0.25) is 0 Å². The van der Waals surface area contributed by atoms with Gasteiger partial charge in [-0.05, 0) is 87.0 Å². The first kappa shape index (κ1) is 28.1. The highest BCUT2D eigenvalue weighted by Crippen LogP contribution is 2.65. The summed E-state index contributed by atoms with van der Waals surface area (Å²) in [6, 6.07) is 4.91. The molecule has 0 radical (unpaired) electrons. The largest absolute Gasteiger partial charge is 0.505 e. The highest BCUT2D eigenvalue weighted by molar-refractivity contribution is 5.62. The normalized spacial score (nSPS) is 30.2. The Kier molecular flexibility index (Phi) is 8.20. The van der Waals surface area contributed by atoms with Crippen molar-refractivity contribution < 1.29 is 24.5 Å². The molecule has 1 aromatic rings. The van der Waals surface area contributed by atoms with Crippen LogP contribution in [-0.4, -0.2) is 58.7 Å². The summed E-state index contributed by atoms with van der Waals surface area (Å²) in [5.74, 6) is 1.94. The fraction of sp³-hybridized carbons (Fsp3) is 0.735. The highest BCUT2D eigenvalue weighted by Gasteiger charge is 2.71. The number of benzene rings is 1. The summed E-state index contributed by atoms with van der Waals surface area (Å²) >= 11 is 0. The first-order valence-corrected chi connectivity index (χ1v) is 16.3. The van der Waals surface area contributed by atoms with Crippen molar-refractivity contribution in [2.24, 2.45) is 5.92 Å². The molecule has 2 heterocycles. The van der Waals surface area contributed by atoms with Crippen LogP contribution in [0.25, 0.3) is 0 Å². The van der Waals surface area contributed by atoms with E-state index in [-0.39, 0.29) is 17.6 Å². The minimum Gasteiger partial charge on any atom is -0.484 e. The fourth-order valence-electron chi connectivity index (χ4n) is 8.65. The van der Waals surface area contributed by atoms with E-state index in [1.54, 1.807) is 0 Å². The molecule has 0 amide bonds. The van der Waals surface area contributed by atoms with E-state index < -0.39 is 11.8 Å². The van der Waals surface area contributed by atoms with Gasteiger partial charge in [-0.15, -0.1) is 0 Å². The number of likely N-dealkylation sites (tertiary alicyclic amines) is 1. The molecule has 6 nitrogen and oxygen atoms in total. The number of carboxylic acid groups (broad SMARTS) is 1. The molecule has 2 saturated carbocycles. The number of nitrogens with zero attached hydrogens (tertiary/aromatic N) is 1.